The van der Waals surface area contributed by atoms with E-state index in [2.05, 4.69) is 16.0 Å². The molecule has 1 aromatic rings. The van der Waals surface area contributed by atoms with Crippen LogP contribution >= 0.6 is 0 Å². The van der Waals surface area contributed by atoms with Crippen LogP contribution in [0.3, 0.4) is 0 Å². The molecule has 5 aliphatic rings. The standard InChI is InChI=1S/C24H34N4O2/c29-22-6-9-28(23(30)27-22)21-5-3-4-20(13-21)25-7-1-2-8-26-24-14-17-10-18(15-24)12-19(11-17)16-24/h3-5,13,17-19,25-26H,1-2,6-12,14-16H2,(H,27,29,30). The Labute approximate surface area is 179 Å². The maximum atomic E-state index is 12.0. The third kappa shape index (κ3) is 4.20. The fourth-order valence-corrected chi connectivity index (χ4v) is 6.76. The maximum Gasteiger partial charge on any atom is 0.328 e. The molecule has 6 nitrogen and oxygen atoms in total. The molecule has 1 heterocycles. The van der Waals surface area contributed by atoms with Crippen LogP contribution in [0.25, 0.3) is 0 Å². The highest BCUT2D eigenvalue weighted by atomic mass is 16.2. The molecule has 0 spiro atoms. The first-order chi connectivity index (χ1) is 14.6. The Balaban J connectivity index is 1.05. The molecule has 4 saturated carbocycles. The van der Waals surface area contributed by atoms with Crippen LogP contribution in [0.4, 0.5) is 16.2 Å². The van der Waals surface area contributed by atoms with Gasteiger partial charge in [-0.2, -0.15) is 0 Å². The van der Waals surface area contributed by atoms with Crippen LogP contribution < -0.4 is 20.9 Å². The second kappa shape index (κ2) is 8.22. The number of hydrogen-bond donors (Lipinski definition) is 3. The lowest BCUT2D eigenvalue weighted by molar-refractivity contribution is -0.120. The Morgan fingerprint density at radius 3 is 2.40 bits per heavy atom. The van der Waals surface area contributed by atoms with Crippen LogP contribution in [0.2, 0.25) is 0 Å². The number of rotatable bonds is 8. The van der Waals surface area contributed by atoms with E-state index < -0.39 is 0 Å². The van der Waals surface area contributed by atoms with Gasteiger partial charge in [-0.3, -0.25) is 15.0 Å². The normalized spacial score (nSPS) is 32.4. The minimum Gasteiger partial charge on any atom is -0.385 e. The predicted octanol–water partition coefficient (Wildman–Crippen LogP) is 3.88. The number of amides is 3. The van der Waals surface area contributed by atoms with Gasteiger partial charge >= 0.3 is 6.03 Å². The van der Waals surface area contributed by atoms with E-state index in [9.17, 15) is 9.59 Å². The molecule has 162 valence electrons. The predicted molar refractivity (Wildman–Crippen MR) is 119 cm³/mol. The number of benzene rings is 1. The fourth-order valence-electron chi connectivity index (χ4n) is 6.76. The highest BCUT2D eigenvalue weighted by molar-refractivity contribution is 6.05. The quantitative estimate of drug-likeness (QED) is 0.569. The van der Waals surface area contributed by atoms with Crippen LogP contribution in [0.15, 0.2) is 24.3 Å². The zero-order chi connectivity index (χ0) is 20.6. The molecule has 1 saturated heterocycles. The fraction of sp³-hybridized carbons (Fsp3) is 0.667. The van der Waals surface area contributed by atoms with Crippen molar-refractivity contribution in [3.63, 3.8) is 0 Å². The van der Waals surface area contributed by atoms with E-state index in [4.69, 9.17) is 0 Å². The summed E-state index contributed by atoms with van der Waals surface area (Å²) in [7, 11) is 0. The van der Waals surface area contributed by atoms with Crippen molar-refractivity contribution in [1.29, 1.82) is 0 Å². The molecule has 30 heavy (non-hydrogen) atoms. The molecule has 1 aromatic carbocycles. The zero-order valence-corrected chi connectivity index (χ0v) is 17.8. The molecule has 4 aliphatic carbocycles. The third-order valence-corrected chi connectivity index (χ3v) is 7.68. The average molecular weight is 411 g/mol. The van der Waals surface area contributed by atoms with Gasteiger partial charge in [0.1, 0.15) is 0 Å². The smallest absolute Gasteiger partial charge is 0.328 e. The lowest BCUT2D eigenvalue weighted by Gasteiger charge is -2.57. The van der Waals surface area contributed by atoms with Crippen molar-refractivity contribution in [2.24, 2.45) is 17.8 Å². The molecule has 0 unspecified atom stereocenters. The topological polar surface area (TPSA) is 73.5 Å². The van der Waals surface area contributed by atoms with Crippen LogP contribution in [-0.4, -0.2) is 37.1 Å². The van der Waals surface area contributed by atoms with E-state index in [0.29, 0.717) is 18.5 Å². The van der Waals surface area contributed by atoms with Crippen molar-refractivity contribution in [1.82, 2.24) is 10.6 Å². The van der Waals surface area contributed by atoms with Crippen molar-refractivity contribution >= 4 is 23.3 Å². The Morgan fingerprint density at radius 2 is 1.70 bits per heavy atom. The minimum absolute atomic E-state index is 0.201. The van der Waals surface area contributed by atoms with E-state index in [1.165, 1.54) is 44.9 Å². The Hall–Kier alpha value is -2.08. The maximum absolute atomic E-state index is 12.0. The number of nitrogens with zero attached hydrogens (tertiary/aromatic N) is 1. The van der Waals surface area contributed by atoms with Gasteiger partial charge in [0, 0.05) is 36.4 Å². The number of hydrogen-bond acceptors (Lipinski definition) is 4. The molecule has 3 amide bonds. The molecule has 6 rings (SSSR count). The van der Waals surface area contributed by atoms with Crippen LogP contribution in [0.5, 0.6) is 0 Å². The SMILES string of the molecule is O=C1CCN(c2cccc(NCCCCNC34CC5CC(CC(C5)C3)C4)c2)C(=O)N1. The molecule has 5 fully saturated rings. The number of urea groups is 1. The zero-order valence-electron chi connectivity index (χ0n) is 17.8. The molecular weight excluding hydrogens is 376 g/mol. The summed E-state index contributed by atoms with van der Waals surface area (Å²) >= 11 is 0. The summed E-state index contributed by atoms with van der Waals surface area (Å²) in [6.07, 6.45) is 11.4. The van der Waals surface area contributed by atoms with Crippen LogP contribution in [0.1, 0.15) is 57.8 Å². The molecule has 3 N–H and O–H groups in total. The molecular formula is C24H34N4O2. The summed E-state index contributed by atoms with van der Waals surface area (Å²) in [5.74, 6) is 2.79. The summed E-state index contributed by atoms with van der Waals surface area (Å²) in [5, 5.41) is 9.85. The van der Waals surface area contributed by atoms with E-state index in [1.807, 2.05) is 24.3 Å². The van der Waals surface area contributed by atoms with E-state index in [0.717, 1.165) is 48.6 Å². The molecule has 0 aromatic heterocycles. The van der Waals surface area contributed by atoms with Gasteiger partial charge in [0.05, 0.1) is 0 Å². The van der Waals surface area contributed by atoms with Crippen molar-refractivity contribution in [2.75, 3.05) is 29.9 Å². The van der Waals surface area contributed by atoms with Gasteiger partial charge in [0.15, 0.2) is 0 Å². The van der Waals surface area contributed by atoms with Crippen molar-refractivity contribution in [3.8, 4) is 0 Å². The molecule has 4 bridgehead atoms. The Bertz CT molecular complexity index is 773. The first-order valence-corrected chi connectivity index (χ1v) is 11.8. The van der Waals surface area contributed by atoms with Gasteiger partial charge < -0.3 is 10.6 Å². The summed E-state index contributed by atoms with van der Waals surface area (Å²) in [6, 6.07) is 7.55. The first kappa shape index (κ1) is 19.9. The number of carbonyl (C=O) groups is 2. The Morgan fingerprint density at radius 1 is 1.00 bits per heavy atom. The summed E-state index contributed by atoms with van der Waals surface area (Å²) in [5.41, 5.74) is 2.31. The molecule has 0 atom stereocenters. The summed E-state index contributed by atoms with van der Waals surface area (Å²) in [4.78, 5) is 25.0. The van der Waals surface area contributed by atoms with Gasteiger partial charge in [-0.15, -0.1) is 0 Å². The van der Waals surface area contributed by atoms with Gasteiger partial charge in [0.2, 0.25) is 5.91 Å². The molecule has 0 radical (unpaired) electrons. The highest BCUT2D eigenvalue weighted by Crippen LogP contribution is 2.55. The van der Waals surface area contributed by atoms with Crippen LogP contribution in [-0.2, 0) is 4.79 Å². The van der Waals surface area contributed by atoms with Crippen molar-refractivity contribution < 1.29 is 9.59 Å². The number of anilines is 2. The third-order valence-electron chi connectivity index (χ3n) is 7.68. The molecule has 6 heteroatoms. The van der Waals surface area contributed by atoms with Crippen molar-refractivity contribution in [2.45, 2.75) is 63.3 Å². The van der Waals surface area contributed by atoms with Gasteiger partial charge in [-0.1, -0.05) is 6.07 Å². The second-order valence-corrected chi connectivity index (χ2v) is 10.1. The van der Waals surface area contributed by atoms with Gasteiger partial charge in [0.25, 0.3) is 0 Å². The van der Waals surface area contributed by atoms with E-state index in [1.54, 1.807) is 4.90 Å². The van der Waals surface area contributed by atoms with E-state index >= 15 is 0 Å². The largest absolute Gasteiger partial charge is 0.385 e. The number of nitrogens with one attached hydrogen (secondary N) is 3. The lowest BCUT2D eigenvalue weighted by atomic mass is 9.53. The molecule has 1 aliphatic heterocycles. The van der Waals surface area contributed by atoms with Crippen molar-refractivity contribution in [3.05, 3.63) is 24.3 Å². The Kier molecular flexibility index (Phi) is 5.44. The monoisotopic (exact) mass is 410 g/mol. The highest BCUT2D eigenvalue weighted by Gasteiger charge is 2.50. The lowest BCUT2D eigenvalue weighted by Crippen LogP contribution is -2.58. The van der Waals surface area contributed by atoms with Gasteiger partial charge in [-0.05, 0) is 93.9 Å². The van der Waals surface area contributed by atoms with Gasteiger partial charge in [-0.25, -0.2) is 4.79 Å². The summed E-state index contributed by atoms with van der Waals surface area (Å²) < 4.78 is 0. The van der Waals surface area contributed by atoms with E-state index in [-0.39, 0.29) is 11.9 Å². The second-order valence-electron chi connectivity index (χ2n) is 10.1. The first-order valence-electron chi connectivity index (χ1n) is 11.8. The average Bonchev–Trinajstić information content (AvgIpc) is 2.70. The summed E-state index contributed by atoms with van der Waals surface area (Å²) in [6.45, 7) is 2.48. The number of unbranched alkanes of at least 4 members (excludes halogenated alkanes) is 1. The minimum atomic E-state index is -0.334. The number of carbonyl (C=O) groups excluding carboxylic acids is 2. The number of imide groups is 1. The van der Waals surface area contributed by atoms with Crippen LogP contribution in [0, 0.1) is 17.8 Å².